The first kappa shape index (κ1) is 22.1. The van der Waals surface area contributed by atoms with E-state index in [-0.39, 0.29) is 11.1 Å². The summed E-state index contributed by atoms with van der Waals surface area (Å²) in [5.41, 5.74) is 3.02. The van der Waals surface area contributed by atoms with E-state index in [0.29, 0.717) is 53.9 Å². The average molecular weight is 528 g/mol. The van der Waals surface area contributed by atoms with E-state index in [2.05, 4.69) is 20.4 Å². The van der Waals surface area contributed by atoms with Crippen molar-refractivity contribution in [1.82, 2.24) is 20.4 Å². The zero-order valence-corrected chi connectivity index (χ0v) is 20.5. The first-order valence-corrected chi connectivity index (χ1v) is 12.6. The fraction of sp³-hybridized carbons (Fsp3) is 0.333. The third kappa shape index (κ3) is 3.06. The van der Waals surface area contributed by atoms with E-state index in [0.717, 1.165) is 17.0 Å². The number of benzene rings is 1. The van der Waals surface area contributed by atoms with Crippen molar-refractivity contribution in [3.8, 4) is 0 Å². The zero-order chi connectivity index (χ0) is 24.6. The number of esters is 1. The van der Waals surface area contributed by atoms with Gasteiger partial charge in [-0.05, 0) is 12.1 Å². The number of ether oxygens (including phenoxy) is 2. The molecule has 1 spiro atoms. The van der Waals surface area contributed by atoms with Gasteiger partial charge in [-0.15, -0.1) is 11.3 Å². The van der Waals surface area contributed by atoms with E-state index in [1.807, 2.05) is 5.38 Å². The Morgan fingerprint density at radius 1 is 1.44 bits per heavy atom. The molecule has 12 heteroatoms. The number of aromatic nitrogens is 2. The molecule has 4 aliphatic rings. The Labute approximate surface area is 213 Å². The summed E-state index contributed by atoms with van der Waals surface area (Å²) in [6, 6.07) is 3.32. The third-order valence-corrected chi connectivity index (χ3v) is 8.33. The minimum absolute atomic E-state index is 0.0610. The molecule has 2 unspecified atom stereocenters. The molecule has 9 nitrogen and oxygen atoms in total. The van der Waals surface area contributed by atoms with Crippen molar-refractivity contribution in [2.75, 3.05) is 26.9 Å². The Bertz CT molecular complexity index is 1470. The molecule has 3 atom stereocenters. The third-order valence-electron chi connectivity index (χ3n) is 7.22. The SMILES string of the molecule is COC(=O)C1=C(CN2C3COCC24c2onc(c24)C3)NC(c2nccs2)=N[C@H]1c1ccc(F)cc1Cl. The lowest BCUT2D eigenvalue weighted by molar-refractivity contribution is -0.136. The van der Waals surface area contributed by atoms with Crippen LogP contribution in [0.15, 0.2) is 50.6 Å². The summed E-state index contributed by atoms with van der Waals surface area (Å²) in [6.45, 7) is 1.39. The predicted octanol–water partition coefficient (Wildman–Crippen LogP) is 2.96. The molecule has 0 amide bonds. The van der Waals surface area contributed by atoms with Crippen LogP contribution in [0.3, 0.4) is 0 Å². The molecule has 184 valence electrons. The second-order valence-electron chi connectivity index (χ2n) is 9.09. The lowest BCUT2D eigenvalue weighted by atomic mass is 9.92. The maximum absolute atomic E-state index is 13.9. The number of amidine groups is 1. The van der Waals surface area contributed by atoms with Crippen molar-refractivity contribution < 1.29 is 23.2 Å². The van der Waals surface area contributed by atoms with Gasteiger partial charge in [0.2, 0.25) is 0 Å². The molecule has 1 saturated heterocycles. The molecule has 0 radical (unpaired) electrons. The Morgan fingerprint density at radius 3 is 3.11 bits per heavy atom. The second kappa shape index (κ2) is 7.94. The topological polar surface area (TPSA) is 102 Å². The number of hydrogen-bond donors (Lipinski definition) is 1. The van der Waals surface area contributed by atoms with Crippen molar-refractivity contribution in [2.24, 2.45) is 4.99 Å². The van der Waals surface area contributed by atoms with Crippen molar-refractivity contribution in [2.45, 2.75) is 24.0 Å². The maximum Gasteiger partial charge on any atom is 0.338 e. The first-order chi connectivity index (χ1) is 17.5. The molecule has 1 aliphatic carbocycles. The number of carbonyl (C=O) groups is 1. The van der Waals surface area contributed by atoms with Gasteiger partial charge in [-0.1, -0.05) is 22.8 Å². The number of hydrogen-bond acceptors (Lipinski definition) is 10. The van der Waals surface area contributed by atoms with E-state index in [9.17, 15) is 9.18 Å². The van der Waals surface area contributed by atoms with Gasteiger partial charge in [0.1, 0.15) is 17.4 Å². The smallest absolute Gasteiger partial charge is 0.338 e. The fourth-order valence-corrected chi connectivity index (χ4v) is 6.45. The largest absolute Gasteiger partial charge is 0.466 e. The minimum Gasteiger partial charge on any atom is -0.466 e. The van der Waals surface area contributed by atoms with E-state index in [1.165, 1.54) is 30.6 Å². The van der Waals surface area contributed by atoms with Gasteiger partial charge >= 0.3 is 5.97 Å². The summed E-state index contributed by atoms with van der Waals surface area (Å²) >= 11 is 7.87. The molecule has 1 fully saturated rings. The molecule has 7 rings (SSSR count). The van der Waals surface area contributed by atoms with Gasteiger partial charge in [-0.25, -0.2) is 14.2 Å². The molecule has 0 saturated carbocycles. The highest BCUT2D eigenvalue weighted by molar-refractivity contribution is 7.11. The number of morpholine rings is 1. The van der Waals surface area contributed by atoms with Gasteiger partial charge in [-0.2, -0.15) is 0 Å². The monoisotopic (exact) mass is 527 g/mol. The van der Waals surface area contributed by atoms with Crippen LogP contribution in [-0.2, 0) is 26.2 Å². The van der Waals surface area contributed by atoms with Gasteiger partial charge in [0.25, 0.3) is 0 Å². The molecule has 2 aromatic heterocycles. The maximum atomic E-state index is 13.9. The number of carbonyl (C=O) groups excluding carboxylic acids is 1. The predicted molar refractivity (Wildman–Crippen MR) is 127 cm³/mol. The molecule has 3 aliphatic heterocycles. The van der Waals surface area contributed by atoms with Crippen molar-refractivity contribution in [1.29, 1.82) is 0 Å². The normalized spacial score (nSPS) is 26.2. The van der Waals surface area contributed by atoms with Crippen LogP contribution in [0.4, 0.5) is 4.39 Å². The molecule has 36 heavy (non-hydrogen) atoms. The Morgan fingerprint density at radius 2 is 2.33 bits per heavy atom. The lowest BCUT2D eigenvalue weighted by Gasteiger charge is -2.45. The molecular weight excluding hydrogens is 509 g/mol. The van der Waals surface area contributed by atoms with E-state index in [4.69, 9.17) is 30.6 Å². The molecular formula is C24H19ClFN5O4S. The zero-order valence-electron chi connectivity index (χ0n) is 19.0. The standard InChI is InChI=1S/C24H19ClFN5O4S/c1-33-23(32)17-16(8-31-12-7-15-18-20(35-30-15)24(18,31)10-34-9-12)28-21(22-27-4-5-36-22)29-19(17)13-3-2-11(26)6-14(13)25/h2-6,12,19H,7-10H2,1H3,(H,28,29)/t12?,19-,24?/m0/s1. The van der Waals surface area contributed by atoms with Crippen molar-refractivity contribution in [3.05, 3.63) is 79.5 Å². The quantitative estimate of drug-likeness (QED) is 0.505. The summed E-state index contributed by atoms with van der Waals surface area (Å²) in [5, 5.41) is 10.2. The molecule has 3 aromatic rings. The Hall–Kier alpha value is -3.12. The minimum atomic E-state index is -0.813. The van der Waals surface area contributed by atoms with Crippen LogP contribution < -0.4 is 5.32 Å². The van der Waals surface area contributed by atoms with Crippen LogP contribution >= 0.6 is 22.9 Å². The number of methoxy groups -OCH3 is 1. The van der Waals surface area contributed by atoms with Gasteiger partial charge in [0, 0.05) is 46.9 Å². The van der Waals surface area contributed by atoms with E-state index >= 15 is 0 Å². The summed E-state index contributed by atoms with van der Waals surface area (Å²) in [5.74, 6) is 0.305. The number of nitrogens with one attached hydrogen (secondary N) is 1. The Kier molecular flexibility index (Phi) is 4.88. The molecule has 1 aromatic carbocycles. The highest BCUT2D eigenvalue weighted by Gasteiger charge is 2.68. The highest BCUT2D eigenvalue weighted by Crippen LogP contribution is 2.60. The van der Waals surface area contributed by atoms with Gasteiger partial charge in [-0.3, -0.25) is 9.89 Å². The molecule has 5 heterocycles. The van der Waals surface area contributed by atoms with Crippen LogP contribution in [0.1, 0.15) is 33.6 Å². The van der Waals surface area contributed by atoms with Gasteiger partial charge in [0.05, 0.1) is 37.2 Å². The highest BCUT2D eigenvalue weighted by atomic mass is 35.5. The summed E-state index contributed by atoms with van der Waals surface area (Å²) < 4.78 is 30.6. The number of thiazole rings is 1. The lowest BCUT2D eigenvalue weighted by Crippen LogP contribution is -2.58. The average Bonchev–Trinajstić information content (AvgIpc) is 3.24. The Balaban J connectivity index is 1.36. The summed E-state index contributed by atoms with van der Waals surface area (Å²) in [6.07, 6.45) is 2.38. The van der Waals surface area contributed by atoms with Gasteiger partial charge in [0.15, 0.2) is 16.6 Å². The van der Waals surface area contributed by atoms with Crippen LogP contribution in [0.25, 0.3) is 0 Å². The van der Waals surface area contributed by atoms with Crippen molar-refractivity contribution >= 4 is 34.7 Å². The summed E-state index contributed by atoms with van der Waals surface area (Å²) in [7, 11) is 1.33. The summed E-state index contributed by atoms with van der Waals surface area (Å²) in [4.78, 5) is 24.7. The van der Waals surface area contributed by atoms with Crippen LogP contribution in [0.2, 0.25) is 5.02 Å². The van der Waals surface area contributed by atoms with Gasteiger partial charge < -0.3 is 19.3 Å². The number of fused-ring (bicyclic) bond motifs is 1. The molecule has 2 bridgehead atoms. The number of nitrogens with zero attached hydrogens (tertiary/aromatic N) is 4. The number of halogens is 2. The number of rotatable bonds is 5. The van der Waals surface area contributed by atoms with Crippen LogP contribution in [-0.4, -0.2) is 59.8 Å². The second-order valence-corrected chi connectivity index (χ2v) is 10.4. The van der Waals surface area contributed by atoms with Crippen LogP contribution in [0, 0.1) is 5.82 Å². The number of aliphatic imine (C=N–C) groups is 1. The van der Waals surface area contributed by atoms with Crippen molar-refractivity contribution in [3.63, 3.8) is 0 Å². The first-order valence-electron chi connectivity index (χ1n) is 11.4. The van der Waals surface area contributed by atoms with E-state index in [1.54, 1.807) is 12.3 Å². The van der Waals surface area contributed by atoms with E-state index < -0.39 is 23.4 Å². The van der Waals surface area contributed by atoms with Crippen LogP contribution in [0.5, 0.6) is 0 Å². The molecule has 1 N–H and O–H groups in total. The fourth-order valence-electron chi connectivity index (χ4n) is 5.60.